The summed E-state index contributed by atoms with van der Waals surface area (Å²) in [7, 11) is 0. The molecular weight excluding hydrogens is 347 g/mol. The molecule has 1 saturated heterocycles. The molecule has 1 atom stereocenters. The van der Waals surface area contributed by atoms with E-state index in [-0.39, 0.29) is 30.1 Å². The summed E-state index contributed by atoms with van der Waals surface area (Å²) in [5.74, 6) is 0.451. The van der Waals surface area contributed by atoms with Gasteiger partial charge in [-0.05, 0) is 25.0 Å². The van der Waals surface area contributed by atoms with Crippen LogP contribution in [0.4, 0.5) is 4.39 Å². The Labute approximate surface area is 158 Å². The molecule has 1 aliphatic heterocycles. The number of halogens is 1. The Morgan fingerprint density at radius 1 is 1.33 bits per heavy atom. The van der Waals surface area contributed by atoms with Crippen molar-refractivity contribution < 1.29 is 14.0 Å². The van der Waals surface area contributed by atoms with Gasteiger partial charge in [0.15, 0.2) is 0 Å². The fourth-order valence-corrected chi connectivity index (χ4v) is 3.59. The average molecular weight is 372 g/mol. The minimum absolute atomic E-state index is 0.00108. The van der Waals surface area contributed by atoms with E-state index >= 15 is 0 Å². The summed E-state index contributed by atoms with van der Waals surface area (Å²) in [4.78, 5) is 32.4. The van der Waals surface area contributed by atoms with Crippen molar-refractivity contribution in [2.24, 2.45) is 0 Å². The second-order valence-electron chi connectivity index (χ2n) is 6.93. The van der Waals surface area contributed by atoms with Crippen molar-refractivity contribution in [1.82, 2.24) is 19.4 Å². The number of hydrogen-bond donors (Lipinski definition) is 0. The molecule has 0 spiro atoms. The van der Waals surface area contributed by atoms with Gasteiger partial charge in [-0.1, -0.05) is 18.2 Å². The van der Waals surface area contributed by atoms with Gasteiger partial charge in [0.1, 0.15) is 11.6 Å². The predicted octanol–water partition coefficient (Wildman–Crippen LogP) is 2.02. The normalized spacial score (nSPS) is 16.6. The summed E-state index contributed by atoms with van der Waals surface area (Å²) in [6.45, 7) is 5.82. The van der Waals surface area contributed by atoms with Crippen LogP contribution >= 0.6 is 0 Å². The number of nitrogens with zero attached hydrogens (tertiary/aromatic N) is 4. The van der Waals surface area contributed by atoms with E-state index in [1.54, 1.807) is 36.2 Å². The molecular formula is C20H25FN4O2. The molecule has 2 aromatic rings. The highest BCUT2D eigenvalue weighted by atomic mass is 19.1. The van der Waals surface area contributed by atoms with Crippen LogP contribution < -0.4 is 0 Å². The number of rotatable bonds is 6. The molecule has 7 heteroatoms. The maximum Gasteiger partial charge on any atom is 0.227 e. The van der Waals surface area contributed by atoms with Gasteiger partial charge in [-0.2, -0.15) is 0 Å². The van der Waals surface area contributed by atoms with Crippen molar-refractivity contribution in [2.75, 3.05) is 19.6 Å². The molecule has 0 radical (unpaired) electrons. The third-order valence-corrected chi connectivity index (χ3v) is 5.17. The van der Waals surface area contributed by atoms with Gasteiger partial charge in [0.05, 0.1) is 12.5 Å². The molecule has 1 aromatic heterocycles. The summed E-state index contributed by atoms with van der Waals surface area (Å²) in [6.07, 6.45) is 4.43. The first-order chi connectivity index (χ1) is 13.0. The lowest BCUT2D eigenvalue weighted by atomic mass is 10.1. The lowest BCUT2D eigenvalue weighted by molar-refractivity contribution is -0.133. The van der Waals surface area contributed by atoms with E-state index in [2.05, 4.69) is 4.98 Å². The summed E-state index contributed by atoms with van der Waals surface area (Å²) >= 11 is 0. The molecule has 6 nitrogen and oxygen atoms in total. The number of carbonyl (C=O) groups excluding carboxylic acids is 2. The summed E-state index contributed by atoms with van der Waals surface area (Å²) in [6, 6.07) is 6.34. The van der Waals surface area contributed by atoms with Gasteiger partial charge in [-0.3, -0.25) is 9.59 Å². The monoisotopic (exact) mass is 372 g/mol. The van der Waals surface area contributed by atoms with Crippen molar-refractivity contribution in [3.05, 3.63) is 53.9 Å². The number of hydrogen-bond acceptors (Lipinski definition) is 3. The third kappa shape index (κ3) is 4.53. The van der Waals surface area contributed by atoms with E-state index in [0.717, 1.165) is 12.2 Å². The van der Waals surface area contributed by atoms with Crippen LogP contribution in [0.5, 0.6) is 0 Å². The van der Waals surface area contributed by atoms with Crippen LogP contribution in [-0.4, -0.2) is 56.8 Å². The first-order valence-corrected chi connectivity index (χ1v) is 9.22. The molecule has 2 amide bonds. The fraction of sp³-hybridized carbons (Fsp3) is 0.450. The summed E-state index contributed by atoms with van der Waals surface area (Å²) in [5, 5.41) is 0. The Hall–Kier alpha value is -2.70. The van der Waals surface area contributed by atoms with E-state index in [0.29, 0.717) is 31.7 Å². The zero-order chi connectivity index (χ0) is 19.4. The fourth-order valence-electron chi connectivity index (χ4n) is 3.59. The van der Waals surface area contributed by atoms with Gasteiger partial charge in [-0.25, -0.2) is 9.37 Å². The molecule has 1 unspecified atom stereocenters. The highest BCUT2D eigenvalue weighted by Gasteiger charge is 2.31. The highest BCUT2D eigenvalue weighted by Crippen LogP contribution is 2.18. The van der Waals surface area contributed by atoms with Crippen molar-refractivity contribution in [3.63, 3.8) is 0 Å². The first kappa shape index (κ1) is 19.1. The maximum atomic E-state index is 13.8. The van der Waals surface area contributed by atoms with Gasteiger partial charge >= 0.3 is 0 Å². The Bertz CT molecular complexity index is 820. The first-order valence-electron chi connectivity index (χ1n) is 9.22. The van der Waals surface area contributed by atoms with Crippen LogP contribution in [0.2, 0.25) is 0 Å². The van der Waals surface area contributed by atoms with Crippen molar-refractivity contribution in [3.8, 4) is 0 Å². The van der Waals surface area contributed by atoms with Gasteiger partial charge in [0.25, 0.3) is 0 Å². The van der Waals surface area contributed by atoms with Crippen molar-refractivity contribution in [1.29, 1.82) is 0 Å². The van der Waals surface area contributed by atoms with Crippen LogP contribution in [-0.2, 0) is 22.6 Å². The van der Waals surface area contributed by atoms with Crippen molar-refractivity contribution >= 4 is 11.8 Å². The summed E-state index contributed by atoms with van der Waals surface area (Å²) in [5.41, 5.74) is 0.407. The number of aromatic nitrogens is 2. The standard InChI is InChI=1S/C20H25FN4O2/c1-15-22-8-10-23(15)11-12-25(16(2)26)18-7-9-24(14-18)20(27)13-17-5-3-4-6-19(17)21/h3-6,8,10,18H,7,9,11-14H2,1-2H3. The number of carbonyl (C=O) groups is 2. The lowest BCUT2D eigenvalue weighted by Gasteiger charge is -2.28. The van der Waals surface area contributed by atoms with Crippen LogP contribution in [0.15, 0.2) is 36.7 Å². The lowest BCUT2D eigenvalue weighted by Crippen LogP contribution is -2.43. The number of imidazole rings is 1. The predicted molar refractivity (Wildman–Crippen MR) is 99.4 cm³/mol. The molecule has 27 heavy (non-hydrogen) atoms. The van der Waals surface area contributed by atoms with E-state index in [9.17, 15) is 14.0 Å². The minimum atomic E-state index is -0.359. The Morgan fingerprint density at radius 2 is 2.11 bits per heavy atom. The number of benzene rings is 1. The molecule has 0 saturated carbocycles. The second-order valence-corrected chi connectivity index (χ2v) is 6.93. The molecule has 0 aliphatic carbocycles. The van der Waals surface area contributed by atoms with E-state index in [1.807, 2.05) is 22.6 Å². The molecule has 1 aromatic carbocycles. The largest absolute Gasteiger partial charge is 0.340 e. The highest BCUT2D eigenvalue weighted by molar-refractivity contribution is 5.79. The minimum Gasteiger partial charge on any atom is -0.340 e. The zero-order valence-electron chi connectivity index (χ0n) is 15.8. The molecule has 0 N–H and O–H groups in total. The Balaban J connectivity index is 1.59. The Morgan fingerprint density at radius 3 is 2.78 bits per heavy atom. The van der Waals surface area contributed by atoms with Crippen LogP contribution in [0.25, 0.3) is 0 Å². The van der Waals surface area contributed by atoms with Gasteiger partial charge in [-0.15, -0.1) is 0 Å². The molecule has 0 bridgehead atoms. The maximum absolute atomic E-state index is 13.8. The topological polar surface area (TPSA) is 58.4 Å². The van der Waals surface area contributed by atoms with E-state index < -0.39 is 0 Å². The molecule has 1 aliphatic rings. The van der Waals surface area contributed by atoms with Gasteiger partial charge in [0, 0.05) is 45.5 Å². The van der Waals surface area contributed by atoms with Crippen molar-refractivity contribution in [2.45, 2.75) is 39.3 Å². The SMILES string of the molecule is CC(=O)N(CCn1ccnc1C)C1CCN(C(=O)Cc2ccccc2F)C1. The smallest absolute Gasteiger partial charge is 0.227 e. The number of aryl methyl sites for hydroxylation is 1. The van der Waals surface area contributed by atoms with Crippen LogP contribution in [0, 0.1) is 12.7 Å². The molecule has 1 fully saturated rings. The number of amides is 2. The van der Waals surface area contributed by atoms with E-state index in [4.69, 9.17) is 0 Å². The second kappa shape index (κ2) is 8.33. The molecule has 144 valence electrons. The Kier molecular flexibility index (Phi) is 5.88. The van der Waals surface area contributed by atoms with E-state index in [1.165, 1.54) is 6.07 Å². The summed E-state index contributed by atoms with van der Waals surface area (Å²) < 4.78 is 15.8. The zero-order valence-corrected chi connectivity index (χ0v) is 15.8. The number of likely N-dealkylation sites (tertiary alicyclic amines) is 1. The van der Waals surface area contributed by atoms with Gasteiger partial charge < -0.3 is 14.4 Å². The molecule has 3 rings (SSSR count). The quantitative estimate of drug-likeness (QED) is 0.780. The third-order valence-electron chi connectivity index (χ3n) is 5.17. The van der Waals surface area contributed by atoms with Crippen LogP contribution in [0.3, 0.4) is 0 Å². The van der Waals surface area contributed by atoms with Crippen LogP contribution in [0.1, 0.15) is 24.7 Å². The average Bonchev–Trinajstić information content (AvgIpc) is 3.27. The molecule has 2 heterocycles. The van der Waals surface area contributed by atoms with Gasteiger partial charge in [0.2, 0.25) is 11.8 Å².